The molecular formula is C17H25N5O2. The topological polar surface area (TPSA) is 72.3 Å². The Balaban J connectivity index is 1.68. The van der Waals surface area contributed by atoms with Crippen LogP contribution in [0.4, 0.5) is 4.79 Å². The SMILES string of the molecule is CCc1nc2cccnc2n1C1CCN(C(=O)NCCCOC)C1. The molecular weight excluding hydrogens is 306 g/mol. The molecule has 1 saturated heterocycles. The minimum absolute atomic E-state index is 0.00373. The van der Waals surface area contributed by atoms with Crippen LogP contribution in [0, 0.1) is 0 Å². The number of ether oxygens (including phenoxy) is 1. The fourth-order valence-electron chi connectivity index (χ4n) is 3.27. The summed E-state index contributed by atoms with van der Waals surface area (Å²) in [7, 11) is 1.67. The van der Waals surface area contributed by atoms with E-state index in [1.165, 1.54) is 0 Å². The van der Waals surface area contributed by atoms with E-state index in [9.17, 15) is 4.79 Å². The largest absolute Gasteiger partial charge is 0.385 e. The fraction of sp³-hybridized carbons (Fsp3) is 0.588. The third kappa shape index (κ3) is 3.36. The van der Waals surface area contributed by atoms with Crippen molar-refractivity contribution in [2.24, 2.45) is 0 Å². The molecule has 1 aliphatic heterocycles. The smallest absolute Gasteiger partial charge is 0.317 e. The van der Waals surface area contributed by atoms with Crippen molar-refractivity contribution in [2.45, 2.75) is 32.2 Å². The molecule has 1 N–H and O–H groups in total. The third-order valence-corrected chi connectivity index (χ3v) is 4.46. The van der Waals surface area contributed by atoms with Gasteiger partial charge in [-0.1, -0.05) is 6.92 Å². The first-order chi connectivity index (χ1) is 11.7. The van der Waals surface area contributed by atoms with E-state index < -0.39 is 0 Å². The van der Waals surface area contributed by atoms with Crippen LogP contribution >= 0.6 is 0 Å². The Kier molecular flexibility index (Phi) is 5.30. The summed E-state index contributed by atoms with van der Waals surface area (Å²) in [5.74, 6) is 1.04. The summed E-state index contributed by atoms with van der Waals surface area (Å²) < 4.78 is 7.22. The quantitative estimate of drug-likeness (QED) is 0.822. The zero-order chi connectivity index (χ0) is 16.9. The normalized spacial score (nSPS) is 17.6. The number of methoxy groups -OCH3 is 1. The van der Waals surface area contributed by atoms with E-state index in [0.717, 1.165) is 42.8 Å². The van der Waals surface area contributed by atoms with Crippen LogP contribution in [-0.2, 0) is 11.2 Å². The average Bonchev–Trinajstić information content (AvgIpc) is 3.22. The summed E-state index contributed by atoms with van der Waals surface area (Å²) in [5, 5.41) is 2.96. The first-order valence-electron chi connectivity index (χ1n) is 8.58. The number of rotatable bonds is 6. The number of aromatic nitrogens is 3. The average molecular weight is 331 g/mol. The van der Waals surface area contributed by atoms with Crippen LogP contribution in [0.3, 0.4) is 0 Å². The first-order valence-corrected chi connectivity index (χ1v) is 8.58. The minimum atomic E-state index is 0.00373. The monoisotopic (exact) mass is 331 g/mol. The number of urea groups is 1. The number of carbonyl (C=O) groups is 1. The van der Waals surface area contributed by atoms with Crippen molar-refractivity contribution in [2.75, 3.05) is 33.4 Å². The maximum Gasteiger partial charge on any atom is 0.317 e. The lowest BCUT2D eigenvalue weighted by atomic mass is 10.2. The Morgan fingerprint density at radius 2 is 2.38 bits per heavy atom. The molecule has 0 saturated carbocycles. The van der Waals surface area contributed by atoms with Gasteiger partial charge in [-0.15, -0.1) is 0 Å². The summed E-state index contributed by atoms with van der Waals surface area (Å²) in [5.41, 5.74) is 1.85. The summed E-state index contributed by atoms with van der Waals surface area (Å²) in [6, 6.07) is 4.15. The first kappa shape index (κ1) is 16.7. The number of hydrogen-bond donors (Lipinski definition) is 1. The molecule has 0 spiro atoms. The highest BCUT2D eigenvalue weighted by Gasteiger charge is 2.29. The summed E-state index contributed by atoms with van der Waals surface area (Å²) >= 11 is 0. The van der Waals surface area contributed by atoms with Crippen LogP contribution < -0.4 is 5.32 Å². The molecule has 2 aromatic heterocycles. The second-order valence-electron chi connectivity index (χ2n) is 6.06. The molecule has 0 aliphatic carbocycles. The Bertz CT molecular complexity index is 699. The number of nitrogens with one attached hydrogen (secondary N) is 1. The lowest BCUT2D eigenvalue weighted by Gasteiger charge is -2.19. The van der Waals surface area contributed by atoms with E-state index in [-0.39, 0.29) is 12.1 Å². The standard InChI is InChI=1S/C17H25N5O2/c1-3-15-20-14-6-4-8-18-16(14)22(15)13-7-10-21(12-13)17(23)19-9-5-11-24-2/h4,6,8,13H,3,5,7,9-12H2,1-2H3,(H,19,23). The Morgan fingerprint density at radius 3 is 3.17 bits per heavy atom. The van der Waals surface area contributed by atoms with Crippen LogP contribution in [0.2, 0.25) is 0 Å². The predicted molar refractivity (Wildman–Crippen MR) is 92.0 cm³/mol. The van der Waals surface area contributed by atoms with E-state index in [0.29, 0.717) is 19.7 Å². The second kappa shape index (κ2) is 7.61. The lowest BCUT2D eigenvalue weighted by Crippen LogP contribution is -2.39. The number of fused-ring (bicyclic) bond motifs is 1. The maximum atomic E-state index is 12.3. The minimum Gasteiger partial charge on any atom is -0.385 e. The van der Waals surface area contributed by atoms with Crippen molar-refractivity contribution in [3.63, 3.8) is 0 Å². The van der Waals surface area contributed by atoms with Crippen LogP contribution in [0.15, 0.2) is 18.3 Å². The highest BCUT2D eigenvalue weighted by molar-refractivity contribution is 5.75. The molecule has 2 aromatic rings. The van der Waals surface area contributed by atoms with Crippen LogP contribution in [0.1, 0.15) is 31.6 Å². The molecule has 0 radical (unpaired) electrons. The van der Waals surface area contributed by atoms with Gasteiger partial charge in [-0.25, -0.2) is 14.8 Å². The second-order valence-corrected chi connectivity index (χ2v) is 6.06. The van der Waals surface area contributed by atoms with E-state index in [2.05, 4.69) is 26.8 Å². The lowest BCUT2D eigenvalue weighted by molar-refractivity contribution is 0.188. The van der Waals surface area contributed by atoms with Gasteiger partial charge >= 0.3 is 6.03 Å². The molecule has 2 amide bonds. The van der Waals surface area contributed by atoms with Gasteiger partial charge in [0.05, 0.1) is 6.04 Å². The number of aryl methyl sites for hydroxylation is 1. The number of nitrogens with zero attached hydrogens (tertiary/aromatic N) is 4. The molecule has 24 heavy (non-hydrogen) atoms. The van der Waals surface area contributed by atoms with Crippen molar-refractivity contribution in [3.05, 3.63) is 24.2 Å². The third-order valence-electron chi connectivity index (χ3n) is 4.46. The fourth-order valence-corrected chi connectivity index (χ4v) is 3.27. The van der Waals surface area contributed by atoms with E-state index in [1.54, 1.807) is 13.3 Å². The van der Waals surface area contributed by atoms with E-state index >= 15 is 0 Å². The molecule has 1 unspecified atom stereocenters. The number of pyridine rings is 1. The summed E-state index contributed by atoms with van der Waals surface area (Å²) in [4.78, 5) is 23.3. The summed E-state index contributed by atoms with van der Waals surface area (Å²) in [6.07, 6.45) is 4.42. The Hall–Kier alpha value is -2.15. The van der Waals surface area contributed by atoms with Crippen molar-refractivity contribution >= 4 is 17.2 Å². The van der Waals surface area contributed by atoms with Crippen molar-refractivity contribution in [3.8, 4) is 0 Å². The van der Waals surface area contributed by atoms with Crippen LogP contribution in [-0.4, -0.2) is 58.8 Å². The van der Waals surface area contributed by atoms with E-state index in [1.807, 2.05) is 17.0 Å². The number of hydrogen-bond acceptors (Lipinski definition) is 4. The molecule has 0 aromatic carbocycles. The maximum absolute atomic E-state index is 12.3. The van der Waals surface area contributed by atoms with Gasteiger partial charge in [-0.3, -0.25) is 0 Å². The highest BCUT2D eigenvalue weighted by Crippen LogP contribution is 2.27. The highest BCUT2D eigenvalue weighted by atomic mass is 16.5. The van der Waals surface area contributed by atoms with E-state index in [4.69, 9.17) is 4.74 Å². The van der Waals surface area contributed by atoms with Gasteiger partial charge in [0.15, 0.2) is 5.65 Å². The molecule has 1 fully saturated rings. The molecule has 1 aliphatic rings. The van der Waals surface area contributed by atoms with Crippen LogP contribution in [0.5, 0.6) is 0 Å². The van der Waals surface area contributed by atoms with Crippen molar-refractivity contribution < 1.29 is 9.53 Å². The summed E-state index contributed by atoms with van der Waals surface area (Å²) in [6.45, 7) is 4.87. The van der Waals surface area contributed by atoms with Gasteiger partial charge in [0.2, 0.25) is 0 Å². The predicted octanol–water partition coefficient (Wildman–Crippen LogP) is 1.99. The molecule has 7 nitrogen and oxygen atoms in total. The number of imidazole rings is 1. The zero-order valence-corrected chi connectivity index (χ0v) is 14.4. The molecule has 0 bridgehead atoms. The molecule has 3 rings (SSSR count). The van der Waals surface area contributed by atoms with Crippen LogP contribution in [0.25, 0.3) is 11.2 Å². The number of amides is 2. The van der Waals surface area contributed by atoms with Gasteiger partial charge in [-0.05, 0) is 25.0 Å². The zero-order valence-electron chi connectivity index (χ0n) is 14.4. The number of carbonyl (C=O) groups excluding carboxylic acids is 1. The molecule has 3 heterocycles. The molecule has 130 valence electrons. The Labute approximate surface area is 142 Å². The Morgan fingerprint density at radius 1 is 1.50 bits per heavy atom. The van der Waals surface area contributed by atoms with Gasteiger partial charge in [0.1, 0.15) is 11.3 Å². The van der Waals surface area contributed by atoms with Gasteiger partial charge < -0.3 is 19.5 Å². The van der Waals surface area contributed by atoms with Gasteiger partial charge in [-0.2, -0.15) is 0 Å². The van der Waals surface area contributed by atoms with Crippen molar-refractivity contribution in [1.29, 1.82) is 0 Å². The van der Waals surface area contributed by atoms with Gasteiger partial charge in [0.25, 0.3) is 0 Å². The molecule has 7 heteroatoms. The van der Waals surface area contributed by atoms with Gasteiger partial charge in [0, 0.05) is 46.0 Å². The molecule has 1 atom stereocenters. The number of likely N-dealkylation sites (tertiary alicyclic amines) is 1. The van der Waals surface area contributed by atoms with Crippen molar-refractivity contribution in [1.82, 2.24) is 24.8 Å².